The summed E-state index contributed by atoms with van der Waals surface area (Å²) in [4.78, 5) is 14.3. The molecule has 2 rings (SSSR count). The number of anilines is 1. The minimum Gasteiger partial charge on any atom is -0.377 e. The molecule has 1 unspecified atom stereocenters. The number of hydrogen-bond acceptors (Lipinski definition) is 3. The SMILES string of the molecule is CCCOC1CCCN(CCC(=O)Nc2ccccc2Cl)C1. The van der Waals surface area contributed by atoms with Crippen LogP contribution in [0, 0.1) is 0 Å². The van der Waals surface area contributed by atoms with Gasteiger partial charge in [-0.15, -0.1) is 0 Å². The summed E-state index contributed by atoms with van der Waals surface area (Å²) in [6, 6.07) is 7.30. The van der Waals surface area contributed by atoms with Crippen molar-refractivity contribution in [3.8, 4) is 0 Å². The molecule has 22 heavy (non-hydrogen) atoms. The van der Waals surface area contributed by atoms with Crippen molar-refractivity contribution in [3.05, 3.63) is 29.3 Å². The topological polar surface area (TPSA) is 41.6 Å². The highest BCUT2D eigenvalue weighted by Gasteiger charge is 2.20. The predicted molar refractivity (Wildman–Crippen MR) is 90.4 cm³/mol. The molecule has 1 atom stereocenters. The lowest BCUT2D eigenvalue weighted by atomic mass is 10.1. The molecular formula is C17H25ClN2O2. The largest absolute Gasteiger partial charge is 0.377 e. The Morgan fingerprint density at radius 3 is 3.05 bits per heavy atom. The second kappa shape index (κ2) is 9.13. The van der Waals surface area contributed by atoms with E-state index in [2.05, 4.69) is 17.1 Å². The van der Waals surface area contributed by atoms with E-state index in [1.54, 1.807) is 6.07 Å². The maximum absolute atomic E-state index is 12.0. The summed E-state index contributed by atoms with van der Waals surface area (Å²) in [5.74, 6) is 0.00435. The summed E-state index contributed by atoms with van der Waals surface area (Å²) >= 11 is 6.04. The van der Waals surface area contributed by atoms with Crippen LogP contribution in [0.4, 0.5) is 5.69 Å². The second-order valence-electron chi connectivity index (χ2n) is 5.71. The van der Waals surface area contributed by atoms with Gasteiger partial charge in [0.15, 0.2) is 0 Å². The Hall–Kier alpha value is -1.10. The Morgan fingerprint density at radius 2 is 2.27 bits per heavy atom. The van der Waals surface area contributed by atoms with Crippen molar-refractivity contribution in [2.45, 2.75) is 38.7 Å². The zero-order valence-electron chi connectivity index (χ0n) is 13.2. The number of carbonyl (C=O) groups is 1. The number of ether oxygens (including phenoxy) is 1. The van der Waals surface area contributed by atoms with Crippen molar-refractivity contribution in [2.75, 3.05) is 31.6 Å². The molecule has 1 amide bonds. The van der Waals surface area contributed by atoms with Gasteiger partial charge in [0.1, 0.15) is 0 Å². The number of piperidine rings is 1. The van der Waals surface area contributed by atoms with Gasteiger partial charge in [0, 0.05) is 26.1 Å². The molecule has 0 aliphatic carbocycles. The normalized spacial score (nSPS) is 19.1. The number of nitrogens with zero attached hydrogens (tertiary/aromatic N) is 1. The molecule has 1 aliphatic heterocycles. The van der Waals surface area contributed by atoms with Gasteiger partial charge in [0.05, 0.1) is 16.8 Å². The molecule has 1 aliphatic rings. The van der Waals surface area contributed by atoms with Gasteiger partial charge >= 0.3 is 0 Å². The van der Waals surface area contributed by atoms with E-state index < -0.39 is 0 Å². The third kappa shape index (κ3) is 5.59. The fourth-order valence-electron chi connectivity index (χ4n) is 2.67. The van der Waals surface area contributed by atoms with Gasteiger partial charge in [-0.3, -0.25) is 4.79 Å². The van der Waals surface area contributed by atoms with Crippen LogP contribution in [0.25, 0.3) is 0 Å². The Kier molecular flexibility index (Phi) is 7.16. The zero-order chi connectivity index (χ0) is 15.8. The molecule has 1 saturated heterocycles. The summed E-state index contributed by atoms with van der Waals surface area (Å²) in [6.45, 7) is 5.69. The van der Waals surface area contributed by atoms with Crippen LogP contribution in [0.5, 0.6) is 0 Å². The van der Waals surface area contributed by atoms with Gasteiger partial charge in [-0.05, 0) is 37.9 Å². The van der Waals surface area contributed by atoms with Crippen molar-refractivity contribution in [1.82, 2.24) is 4.90 Å². The zero-order valence-corrected chi connectivity index (χ0v) is 13.9. The minimum absolute atomic E-state index is 0.00435. The van der Waals surface area contributed by atoms with E-state index in [0.29, 0.717) is 23.2 Å². The highest BCUT2D eigenvalue weighted by Crippen LogP contribution is 2.20. The Morgan fingerprint density at radius 1 is 1.45 bits per heavy atom. The van der Waals surface area contributed by atoms with Crippen molar-refractivity contribution >= 4 is 23.2 Å². The standard InChI is InChI=1S/C17H25ClN2O2/c1-2-12-22-14-6-5-10-20(13-14)11-9-17(21)19-16-8-4-3-7-15(16)18/h3-4,7-8,14H,2,5-6,9-13H2,1H3,(H,19,21). The number of para-hydroxylation sites is 1. The lowest BCUT2D eigenvalue weighted by molar-refractivity contribution is -0.116. The number of nitrogens with one attached hydrogen (secondary N) is 1. The number of halogens is 1. The van der Waals surface area contributed by atoms with Crippen LogP contribution in [-0.4, -0.2) is 43.2 Å². The lowest BCUT2D eigenvalue weighted by Gasteiger charge is -2.32. The summed E-state index contributed by atoms with van der Waals surface area (Å²) in [7, 11) is 0. The monoisotopic (exact) mass is 324 g/mol. The summed E-state index contributed by atoms with van der Waals surface area (Å²) < 4.78 is 5.82. The molecule has 1 aromatic rings. The number of likely N-dealkylation sites (tertiary alicyclic amines) is 1. The molecule has 5 heteroatoms. The first-order chi connectivity index (χ1) is 10.7. The van der Waals surface area contributed by atoms with Gasteiger partial charge in [0.2, 0.25) is 5.91 Å². The van der Waals surface area contributed by atoms with Crippen molar-refractivity contribution < 1.29 is 9.53 Å². The van der Waals surface area contributed by atoms with Gasteiger partial charge in [-0.25, -0.2) is 0 Å². The van der Waals surface area contributed by atoms with Gasteiger partial charge in [-0.1, -0.05) is 30.7 Å². The van der Waals surface area contributed by atoms with E-state index in [1.807, 2.05) is 18.2 Å². The van der Waals surface area contributed by atoms with Crippen LogP contribution in [0.15, 0.2) is 24.3 Å². The van der Waals surface area contributed by atoms with E-state index in [0.717, 1.165) is 45.5 Å². The molecular weight excluding hydrogens is 300 g/mol. The van der Waals surface area contributed by atoms with E-state index in [9.17, 15) is 4.79 Å². The van der Waals surface area contributed by atoms with E-state index in [-0.39, 0.29) is 5.91 Å². The molecule has 1 fully saturated rings. The summed E-state index contributed by atoms with van der Waals surface area (Å²) in [5, 5.41) is 3.44. The third-order valence-corrected chi connectivity index (χ3v) is 4.15. The average molecular weight is 325 g/mol. The first kappa shape index (κ1) is 17.3. The highest BCUT2D eigenvalue weighted by atomic mass is 35.5. The molecule has 0 saturated carbocycles. The average Bonchev–Trinajstić information content (AvgIpc) is 2.53. The maximum atomic E-state index is 12.0. The molecule has 1 N–H and O–H groups in total. The molecule has 1 aromatic carbocycles. The van der Waals surface area contributed by atoms with Crippen LogP contribution >= 0.6 is 11.6 Å². The fraction of sp³-hybridized carbons (Fsp3) is 0.588. The van der Waals surface area contributed by atoms with Gasteiger partial charge < -0.3 is 15.0 Å². The fourth-order valence-corrected chi connectivity index (χ4v) is 2.85. The molecule has 0 aromatic heterocycles. The highest BCUT2D eigenvalue weighted by molar-refractivity contribution is 6.33. The number of hydrogen-bond donors (Lipinski definition) is 1. The number of amides is 1. The Bertz CT molecular complexity index is 481. The predicted octanol–water partition coefficient (Wildman–Crippen LogP) is 3.56. The first-order valence-electron chi connectivity index (χ1n) is 8.07. The molecule has 0 bridgehead atoms. The first-order valence-corrected chi connectivity index (χ1v) is 8.45. The van der Waals surface area contributed by atoms with Crippen molar-refractivity contribution in [2.24, 2.45) is 0 Å². The molecule has 4 nitrogen and oxygen atoms in total. The summed E-state index contributed by atoms with van der Waals surface area (Å²) in [5.41, 5.74) is 0.678. The van der Waals surface area contributed by atoms with Crippen LogP contribution < -0.4 is 5.32 Å². The van der Waals surface area contributed by atoms with E-state index in [4.69, 9.17) is 16.3 Å². The third-order valence-electron chi connectivity index (χ3n) is 3.82. The Balaban J connectivity index is 1.73. The minimum atomic E-state index is 0.00435. The number of rotatable bonds is 7. The van der Waals surface area contributed by atoms with Crippen LogP contribution in [0.3, 0.4) is 0 Å². The number of carbonyl (C=O) groups excluding carboxylic acids is 1. The maximum Gasteiger partial charge on any atom is 0.225 e. The quantitative estimate of drug-likeness (QED) is 0.833. The molecule has 122 valence electrons. The lowest BCUT2D eigenvalue weighted by Crippen LogP contribution is -2.41. The van der Waals surface area contributed by atoms with Crippen LogP contribution in [0.1, 0.15) is 32.6 Å². The molecule has 1 heterocycles. The molecule has 0 spiro atoms. The number of benzene rings is 1. The van der Waals surface area contributed by atoms with Gasteiger partial charge in [0.25, 0.3) is 0 Å². The van der Waals surface area contributed by atoms with E-state index >= 15 is 0 Å². The summed E-state index contributed by atoms with van der Waals surface area (Å²) in [6.07, 6.45) is 4.12. The molecule has 0 radical (unpaired) electrons. The van der Waals surface area contributed by atoms with Crippen molar-refractivity contribution in [3.63, 3.8) is 0 Å². The van der Waals surface area contributed by atoms with E-state index in [1.165, 1.54) is 0 Å². The smallest absolute Gasteiger partial charge is 0.225 e. The van der Waals surface area contributed by atoms with Gasteiger partial charge in [-0.2, -0.15) is 0 Å². The Labute approximate surface area is 137 Å². The van der Waals surface area contributed by atoms with Crippen molar-refractivity contribution in [1.29, 1.82) is 0 Å². The van der Waals surface area contributed by atoms with Crippen LogP contribution in [-0.2, 0) is 9.53 Å². The second-order valence-corrected chi connectivity index (χ2v) is 6.12. The van der Waals surface area contributed by atoms with Crippen LogP contribution in [0.2, 0.25) is 5.02 Å².